The molecular formula is C16H26N2O2S. The van der Waals surface area contributed by atoms with Gasteiger partial charge in [0.1, 0.15) is 0 Å². The first-order chi connectivity index (χ1) is 9.92. The molecule has 0 aromatic heterocycles. The number of hydrogen-bond acceptors (Lipinski definition) is 4. The third-order valence-corrected chi connectivity index (χ3v) is 6.14. The fourth-order valence-electron chi connectivity index (χ4n) is 3.16. The predicted molar refractivity (Wildman–Crippen MR) is 87.6 cm³/mol. The second kappa shape index (κ2) is 6.36. The molecule has 1 aromatic rings. The minimum absolute atomic E-state index is 0.205. The quantitative estimate of drug-likeness (QED) is 0.876. The average Bonchev–Trinajstić information content (AvgIpc) is 2.81. The predicted octanol–water partition coefficient (Wildman–Crippen LogP) is 2.31. The Labute approximate surface area is 128 Å². The van der Waals surface area contributed by atoms with Crippen molar-refractivity contribution in [3.8, 4) is 0 Å². The molecule has 21 heavy (non-hydrogen) atoms. The van der Waals surface area contributed by atoms with Gasteiger partial charge < -0.3 is 10.2 Å². The first-order valence-electron chi connectivity index (χ1n) is 7.63. The summed E-state index contributed by atoms with van der Waals surface area (Å²) in [5.74, 6) is 0.214. The summed E-state index contributed by atoms with van der Waals surface area (Å²) in [6.07, 6.45) is 1.73. The Bertz CT molecular complexity index is 586. The van der Waals surface area contributed by atoms with Gasteiger partial charge in [-0.1, -0.05) is 26.0 Å². The largest absolute Gasteiger partial charge is 0.370 e. The zero-order valence-electron chi connectivity index (χ0n) is 13.2. The molecule has 4 nitrogen and oxygen atoms in total. The molecular weight excluding hydrogens is 284 g/mol. The molecule has 1 aliphatic heterocycles. The van der Waals surface area contributed by atoms with E-state index in [0.29, 0.717) is 11.3 Å². The molecule has 0 aliphatic carbocycles. The van der Waals surface area contributed by atoms with Gasteiger partial charge in [-0.2, -0.15) is 0 Å². The van der Waals surface area contributed by atoms with Crippen LogP contribution in [0.5, 0.6) is 0 Å². The van der Waals surface area contributed by atoms with Crippen LogP contribution in [0.4, 0.5) is 5.69 Å². The fraction of sp³-hybridized carbons (Fsp3) is 0.625. The van der Waals surface area contributed by atoms with Crippen molar-refractivity contribution < 1.29 is 8.42 Å². The van der Waals surface area contributed by atoms with Crippen LogP contribution in [-0.4, -0.2) is 40.9 Å². The van der Waals surface area contributed by atoms with Gasteiger partial charge >= 0.3 is 0 Å². The Hall–Kier alpha value is -1.07. The summed E-state index contributed by atoms with van der Waals surface area (Å²) < 4.78 is 24.9. The minimum Gasteiger partial charge on any atom is -0.370 e. The van der Waals surface area contributed by atoms with Crippen molar-refractivity contribution in [1.29, 1.82) is 0 Å². The maximum atomic E-state index is 12.5. The highest BCUT2D eigenvalue weighted by molar-refractivity contribution is 7.91. The number of sulfone groups is 1. The Balaban J connectivity index is 2.30. The van der Waals surface area contributed by atoms with Crippen LogP contribution in [-0.2, 0) is 9.84 Å². The highest BCUT2D eigenvalue weighted by atomic mass is 32.2. The summed E-state index contributed by atoms with van der Waals surface area (Å²) in [4.78, 5) is 2.71. The van der Waals surface area contributed by atoms with Crippen LogP contribution < -0.4 is 10.2 Å². The molecule has 1 heterocycles. The Morgan fingerprint density at radius 1 is 1.33 bits per heavy atom. The van der Waals surface area contributed by atoms with Crippen molar-refractivity contribution in [2.24, 2.45) is 5.41 Å². The van der Waals surface area contributed by atoms with Gasteiger partial charge in [0.15, 0.2) is 9.84 Å². The summed E-state index contributed by atoms with van der Waals surface area (Å²) in [7, 11) is -1.22. The molecule has 0 bridgehead atoms. The van der Waals surface area contributed by atoms with E-state index in [2.05, 4.69) is 17.1 Å². The lowest BCUT2D eigenvalue weighted by atomic mass is 9.90. The first-order valence-corrected chi connectivity index (χ1v) is 9.28. The van der Waals surface area contributed by atoms with Crippen LogP contribution in [0.2, 0.25) is 0 Å². The van der Waals surface area contributed by atoms with Gasteiger partial charge in [0.05, 0.1) is 16.3 Å². The SMILES string of the molecule is CCCS(=O)(=O)c1ccccc1N1CCC(C)(CNC)C1. The van der Waals surface area contributed by atoms with Gasteiger partial charge in [-0.05, 0) is 37.4 Å². The molecule has 0 amide bonds. The number of para-hydroxylation sites is 1. The van der Waals surface area contributed by atoms with Gasteiger partial charge in [0, 0.05) is 19.6 Å². The zero-order chi connectivity index (χ0) is 15.5. The van der Waals surface area contributed by atoms with E-state index in [1.807, 2.05) is 32.2 Å². The van der Waals surface area contributed by atoms with Crippen LogP contribution in [0.15, 0.2) is 29.2 Å². The molecule has 118 valence electrons. The van der Waals surface area contributed by atoms with E-state index in [9.17, 15) is 8.42 Å². The lowest BCUT2D eigenvalue weighted by Gasteiger charge is -2.26. The monoisotopic (exact) mass is 310 g/mol. The summed E-state index contributed by atoms with van der Waals surface area (Å²) in [6, 6.07) is 7.42. The fourth-order valence-corrected chi connectivity index (χ4v) is 4.72. The summed E-state index contributed by atoms with van der Waals surface area (Å²) in [5.41, 5.74) is 1.07. The summed E-state index contributed by atoms with van der Waals surface area (Å²) in [6.45, 7) is 6.92. The number of nitrogens with zero attached hydrogens (tertiary/aromatic N) is 1. The van der Waals surface area contributed by atoms with Crippen molar-refractivity contribution in [3.05, 3.63) is 24.3 Å². The van der Waals surface area contributed by atoms with Crippen LogP contribution >= 0.6 is 0 Å². The molecule has 1 aromatic carbocycles. The van der Waals surface area contributed by atoms with E-state index < -0.39 is 9.84 Å². The zero-order valence-corrected chi connectivity index (χ0v) is 14.0. The molecule has 0 radical (unpaired) electrons. The van der Waals surface area contributed by atoms with E-state index in [1.54, 1.807) is 6.07 Å². The van der Waals surface area contributed by atoms with E-state index in [0.717, 1.165) is 31.7 Å². The van der Waals surface area contributed by atoms with Gasteiger partial charge in [-0.3, -0.25) is 0 Å². The van der Waals surface area contributed by atoms with Gasteiger partial charge in [0.2, 0.25) is 0 Å². The van der Waals surface area contributed by atoms with Crippen LogP contribution in [0.3, 0.4) is 0 Å². The van der Waals surface area contributed by atoms with E-state index in [-0.39, 0.29) is 11.2 Å². The smallest absolute Gasteiger partial charge is 0.180 e. The van der Waals surface area contributed by atoms with E-state index in [1.165, 1.54) is 0 Å². The van der Waals surface area contributed by atoms with Crippen molar-refractivity contribution in [1.82, 2.24) is 5.32 Å². The van der Waals surface area contributed by atoms with Crippen molar-refractivity contribution >= 4 is 15.5 Å². The minimum atomic E-state index is -3.19. The van der Waals surface area contributed by atoms with Crippen molar-refractivity contribution in [2.75, 3.05) is 37.3 Å². The Morgan fingerprint density at radius 3 is 2.71 bits per heavy atom. The Kier molecular flexibility index (Phi) is 4.94. The van der Waals surface area contributed by atoms with Crippen molar-refractivity contribution in [3.63, 3.8) is 0 Å². The van der Waals surface area contributed by atoms with Gasteiger partial charge in [0.25, 0.3) is 0 Å². The number of anilines is 1. The molecule has 1 aliphatic rings. The van der Waals surface area contributed by atoms with E-state index in [4.69, 9.17) is 0 Å². The van der Waals surface area contributed by atoms with Gasteiger partial charge in [-0.25, -0.2) is 8.42 Å². The molecule has 5 heteroatoms. The Morgan fingerprint density at radius 2 is 2.05 bits per heavy atom. The maximum absolute atomic E-state index is 12.5. The van der Waals surface area contributed by atoms with E-state index >= 15 is 0 Å². The molecule has 2 rings (SSSR count). The number of nitrogens with one attached hydrogen (secondary N) is 1. The molecule has 1 unspecified atom stereocenters. The summed E-state index contributed by atoms with van der Waals surface area (Å²) >= 11 is 0. The highest BCUT2D eigenvalue weighted by Gasteiger charge is 2.35. The molecule has 1 fully saturated rings. The van der Waals surface area contributed by atoms with Crippen molar-refractivity contribution in [2.45, 2.75) is 31.6 Å². The highest BCUT2D eigenvalue weighted by Crippen LogP contribution is 2.35. The van der Waals surface area contributed by atoms with Crippen LogP contribution in [0.25, 0.3) is 0 Å². The molecule has 1 saturated heterocycles. The third-order valence-electron chi connectivity index (χ3n) is 4.18. The normalized spacial score (nSPS) is 22.7. The number of benzene rings is 1. The standard InChI is InChI=1S/C16H26N2O2S/c1-4-11-21(19,20)15-8-6-5-7-14(15)18-10-9-16(2,13-18)12-17-3/h5-8,17H,4,9-13H2,1-3H3. The third kappa shape index (κ3) is 3.58. The van der Waals surface area contributed by atoms with Crippen LogP contribution in [0, 0.1) is 5.41 Å². The molecule has 0 spiro atoms. The second-order valence-electron chi connectivity index (χ2n) is 6.30. The summed E-state index contributed by atoms with van der Waals surface area (Å²) in [5, 5.41) is 3.24. The first kappa shape index (κ1) is 16.3. The number of rotatable bonds is 6. The van der Waals surface area contributed by atoms with Gasteiger partial charge in [-0.15, -0.1) is 0 Å². The average molecular weight is 310 g/mol. The maximum Gasteiger partial charge on any atom is 0.180 e. The second-order valence-corrected chi connectivity index (χ2v) is 8.38. The lowest BCUT2D eigenvalue weighted by molar-refractivity contribution is 0.356. The van der Waals surface area contributed by atoms with Crippen LogP contribution in [0.1, 0.15) is 26.7 Å². The molecule has 0 saturated carbocycles. The molecule has 1 N–H and O–H groups in total. The lowest BCUT2D eigenvalue weighted by Crippen LogP contribution is -2.33. The number of hydrogen-bond donors (Lipinski definition) is 1. The topological polar surface area (TPSA) is 49.4 Å². The molecule has 1 atom stereocenters.